The number of pyridine rings is 1. The molecule has 0 unspecified atom stereocenters. The van der Waals surface area contributed by atoms with E-state index in [1.54, 1.807) is 12.1 Å². The summed E-state index contributed by atoms with van der Waals surface area (Å²) in [7, 11) is 0. The van der Waals surface area contributed by atoms with Gasteiger partial charge in [0.1, 0.15) is 5.69 Å². The molecule has 0 amide bonds. The minimum absolute atomic E-state index is 0.0541. The third-order valence-electron chi connectivity index (χ3n) is 3.81. The fraction of sp³-hybridized carbons (Fsp3) is 0.0588. The molecule has 12 heteroatoms. The summed E-state index contributed by atoms with van der Waals surface area (Å²) >= 11 is 10.1. The molecular formula is C17H6ClF3I2N4O2. The predicted molar refractivity (Wildman–Crippen MR) is 116 cm³/mol. The van der Waals surface area contributed by atoms with E-state index in [2.05, 4.69) is 15.1 Å². The molecule has 0 radical (unpaired) electrons. The van der Waals surface area contributed by atoms with Crippen LogP contribution in [0.4, 0.5) is 13.2 Å². The Morgan fingerprint density at radius 1 is 1.17 bits per heavy atom. The van der Waals surface area contributed by atoms with Gasteiger partial charge >= 0.3 is 11.8 Å². The van der Waals surface area contributed by atoms with Crippen molar-refractivity contribution in [2.24, 2.45) is 0 Å². The summed E-state index contributed by atoms with van der Waals surface area (Å²) in [5.74, 6) is -0.382. The molecular weight excluding hydrogens is 638 g/mol. The topological polar surface area (TPSA) is 73.8 Å². The van der Waals surface area contributed by atoms with Gasteiger partial charge in [0, 0.05) is 19.4 Å². The monoisotopic (exact) mass is 644 g/mol. The van der Waals surface area contributed by atoms with Crippen LogP contribution < -0.4 is 5.63 Å². The Morgan fingerprint density at radius 2 is 1.93 bits per heavy atom. The zero-order chi connectivity index (χ0) is 20.9. The number of nitrogens with zero attached hydrogens (tertiary/aromatic N) is 4. The molecule has 4 aromatic rings. The summed E-state index contributed by atoms with van der Waals surface area (Å²) < 4.78 is 47.5. The van der Waals surface area contributed by atoms with E-state index in [1.807, 2.05) is 45.2 Å². The van der Waals surface area contributed by atoms with Crippen LogP contribution in [-0.4, -0.2) is 19.7 Å². The van der Waals surface area contributed by atoms with E-state index in [0.29, 0.717) is 9.09 Å². The summed E-state index contributed by atoms with van der Waals surface area (Å²) in [6, 6.07) is 7.10. The fourth-order valence-corrected chi connectivity index (χ4v) is 4.75. The first-order valence-electron chi connectivity index (χ1n) is 7.73. The molecule has 4 rings (SSSR count). The standard InChI is InChI=1S/C17H6ClF3I2N4O2/c18-9-2-1-3-24-14(9)27-11(6-12(26-27)17(19,20)21)15-25-13-8(16(28)29-15)4-7(22)5-10(13)23/h1-6H. The van der Waals surface area contributed by atoms with Gasteiger partial charge in [-0.3, -0.25) is 0 Å². The van der Waals surface area contributed by atoms with Gasteiger partial charge in [-0.05, 0) is 69.4 Å². The van der Waals surface area contributed by atoms with E-state index in [1.165, 1.54) is 18.3 Å². The zero-order valence-electron chi connectivity index (χ0n) is 13.8. The molecule has 1 aromatic carbocycles. The Labute approximate surface area is 192 Å². The molecule has 0 atom stereocenters. The predicted octanol–water partition coefficient (Wildman–Crippen LogP) is 5.32. The summed E-state index contributed by atoms with van der Waals surface area (Å²) in [5, 5.41) is 3.87. The second-order valence-corrected chi connectivity index (χ2v) is 8.54. The molecule has 0 aliphatic heterocycles. The average molecular weight is 645 g/mol. The van der Waals surface area contributed by atoms with E-state index < -0.39 is 17.5 Å². The molecule has 0 saturated heterocycles. The SMILES string of the molecule is O=c1oc(-c2cc(C(F)(F)F)nn2-c2ncccc2Cl)nc2c(I)cc(I)cc12. The van der Waals surface area contributed by atoms with E-state index >= 15 is 0 Å². The first-order valence-corrected chi connectivity index (χ1v) is 10.3. The summed E-state index contributed by atoms with van der Waals surface area (Å²) in [6.45, 7) is 0. The van der Waals surface area contributed by atoms with Crippen molar-refractivity contribution in [3.8, 4) is 17.4 Å². The number of rotatable bonds is 2. The molecule has 29 heavy (non-hydrogen) atoms. The largest absolute Gasteiger partial charge is 0.435 e. The molecule has 0 saturated carbocycles. The number of benzene rings is 1. The van der Waals surface area contributed by atoms with Gasteiger partial charge in [0.05, 0.1) is 15.9 Å². The Kier molecular flexibility index (Phi) is 5.31. The van der Waals surface area contributed by atoms with Crippen molar-refractivity contribution in [1.29, 1.82) is 0 Å². The van der Waals surface area contributed by atoms with Crippen molar-refractivity contribution >= 4 is 67.7 Å². The van der Waals surface area contributed by atoms with E-state index in [4.69, 9.17) is 16.0 Å². The molecule has 0 aliphatic carbocycles. The second kappa shape index (κ2) is 7.50. The van der Waals surface area contributed by atoms with Crippen molar-refractivity contribution in [2.45, 2.75) is 6.18 Å². The van der Waals surface area contributed by atoms with Gasteiger partial charge in [-0.25, -0.2) is 19.4 Å². The van der Waals surface area contributed by atoms with Crippen LogP contribution in [0.2, 0.25) is 5.02 Å². The highest BCUT2D eigenvalue weighted by atomic mass is 127. The third kappa shape index (κ3) is 3.86. The maximum Gasteiger partial charge on any atom is 0.435 e. The highest BCUT2D eigenvalue weighted by Crippen LogP contribution is 2.34. The lowest BCUT2D eigenvalue weighted by molar-refractivity contribution is -0.141. The molecule has 0 fully saturated rings. The van der Waals surface area contributed by atoms with Crippen molar-refractivity contribution in [3.05, 3.63) is 64.8 Å². The lowest BCUT2D eigenvalue weighted by atomic mass is 10.2. The van der Waals surface area contributed by atoms with E-state index in [9.17, 15) is 18.0 Å². The molecule has 0 N–H and O–H groups in total. The molecule has 0 spiro atoms. The van der Waals surface area contributed by atoms with Gasteiger partial charge < -0.3 is 4.42 Å². The van der Waals surface area contributed by atoms with Crippen molar-refractivity contribution in [2.75, 3.05) is 0 Å². The Morgan fingerprint density at radius 3 is 2.62 bits per heavy atom. The van der Waals surface area contributed by atoms with Crippen LogP contribution in [0, 0.1) is 7.14 Å². The van der Waals surface area contributed by atoms with Gasteiger partial charge in [-0.1, -0.05) is 11.6 Å². The highest BCUT2D eigenvalue weighted by molar-refractivity contribution is 14.1. The van der Waals surface area contributed by atoms with E-state index in [-0.39, 0.29) is 27.8 Å². The summed E-state index contributed by atoms with van der Waals surface area (Å²) in [4.78, 5) is 20.8. The molecule has 148 valence electrons. The van der Waals surface area contributed by atoms with Gasteiger partial charge in [-0.2, -0.15) is 18.3 Å². The van der Waals surface area contributed by atoms with Crippen LogP contribution in [0.5, 0.6) is 0 Å². The summed E-state index contributed by atoms with van der Waals surface area (Å²) in [5.41, 5.74) is -1.82. The first kappa shape index (κ1) is 20.5. The maximum absolute atomic E-state index is 13.3. The van der Waals surface area contributed by atoms with Crippen molar-refractivity contribution in [1.82, 2.24) is 19.7 Å². The molecule has 3 heterocycles. The first-order chi connectivity index (χ1) is 13.6. The van der Waals surface area contributed by atoms with Crippen molar-refractivity contribution < 1.29 is 17.6 Å². The van der Waals surface area contributed by atoms with Crippen molar-refractivity contribution in [3.63, 3.8) is 0 Å². The van der Waals surface area contributed by atoms with Gasteiger partial charge in [0.15, 0.2) is 11.5 Å². The number of hydrogen-bond acceptors (Lipinski definition) is 5. The number of halogens is 6. The Hall–Kier alpha value is -1.74. The molecule has 3 aromatic heterocycles. The van der Waals surface area contributed by atoms with Gasteiger partial charge in [-0.15, -0.1) is 0 Å². The van der Waals surface area contributed by atoms with Crippen LogP contribution in [0.3, 0.4) is 0 Å². The van der Waals surface area contributed by atoms with Gasteiger partial charge in [0.25, 0.3) is 0 Å². The minimum Gasteiger partial charge on any atom is -0.401 e. The summed E-state index contributed by atoms with van der Waals surface area (Å²) in [6.07, 6.45) is -3.38. The van der Waals surface area contributed by atoms with Crippen LogP contribution >= 0.6 is 56.8 Å². The van der Waals surface area contributed by atoms with Crippen LogP contribution in [0.25, 0.3) is 28.3 Å². The quantitative estimate of drug-likeness (QED) is 0.277. The van der Waals surface area contributed by atoms with E-state index in [0.717, 1.165) is 14.3 Å². The average Bonchev–Trinajstić information content (AvgIpc) is 3.08. The lowest BCUT2D eigenvalue weighted by Crippen LogP contribution is -2.09. The third-order valence-corrected chi connectivity index (χ3v) is 5.55. The number of hydrogen-bond donors (Lipinski definition) is 0. The molecule has 0 aliphatic rings. The fourth-order valence-electron chi connectivity index (χ4n) is 2.58. The highest BCUT2D eigenvalue weighted by Gasteiger charge is 2.36. The van der Waals surface area contributed by atoms with Crippen LogP contribution in [0.15, 0.2) is 45.7 Å². The normalized spacial score (nSPS) is 11.9. The maximum atomic E-state index is 13.3. The zero-order valence-corrected chi connectivity index (χ0v) is 18.9. The Balaban J connectivity index is 2.04. The Bertz CT molecular complexity index is 1320. The minimum atomic E-state index is -4.73. The lowest BCUT2D eigenvalue weighted by Gasteiger charge is -2.08. The number of aromatic nitrogens is 4. The molecule has 6 nitrogen and oxygen atoms in total. The van der Waals surface area contributed by atoms with Crippen LogP contribution in [0.1, 0.15) is 5.69 Å². The number of alkyl halides is 3. The number of fused-ring (bicyclic) bond motifs is 1. The van der Waals surface area contributed by atoms with Gasteiger partial charge in [0.2, 0.25) is 5.89 Å². The smallest absolute Gasteiger partial charge is 0.401 e. The van der Waals surface area contributed by atoms with Crippen LogP contribution in [-0.2, 0) is 6.18 Å². The molecule has 0 bridgehead atoms. The second-order valence-electron chi connectivity index (χ2n) is 5.72.